The molecule has 0 amide bonds. The average molecular weight is 328 g/mol. The highest BCUT2D eigenvalue weighted by molar-refractivity contribution is 5.74. The molecule has 0 bridgehead atoms. The summed E-state index contributed by atoms with van der Waals surface area (Å²) >= 11 is 0. The van der Waals surface area contributed by atoms with Crippen molar-refractivity contribution in [3.8, 4) is 23.0 Å². The van der Waals surface area contributed by atoms with Crippen molar-refractivity contribution >= 4 is 12.4 Å². The molecule has 6 nitrogen and oxygen atoms in total. The molecule has 2 aromatic rings. The van der Waals surface area contributed by atoms with Crippen LogP contribution in [0.2, 0.25) is 0 Å². The first-order valence-corrected chi connectivity index (χ1v) is 7.34. The van der Waals surface area contributed by atoms with E-state index in [9.17, 15) is 20.1 Å². The number of aliphatic hydroxyl groups is 1. The highest BCUT2D eigenvalue weighted by atomic mass is 16.6. The maximum Gasteiger partial charge on any atom is 0.163 e. The number of carbonyl (C=O) groups is 1. The Balaban J connectivity index is 1.95. The van der Waals surface area contributed by atoms with E-state index in [0.717, 1.165) is 5.56 Å². The fraction of sp³-hybridized carbons (Fsp3) is 0.167. The molecule has 0 unspecified atom stereocenters. The molecular formula is C18H16O6. The normalized spacial score (nSPS) is 19.4. The van der Waals surface area contributed by atoms with Crippen LogP contribution in [-0.4, -0.2) is 34.3 Å². The molecular weight excluding hydrogens is 312 g/mol. The summed E-state index contributed by atoms with van der Waals surface area (Å²) in [5, 5.41) is 28.7. The van der Waals surface area contributed by atoms with Crippen LogP contribution in [0.5, 0.6) is 23.0 Å². The zero-order valence-electron chi connectivity index (χ0n) is 12.6. The lowest BCUT2D eigenvalue weighted by atomic mass is 10.0. The fourth-order valence-corrected chi connectivity index (χ4v) is 2.54. The molecule has 6 heteroatoms. The van der Waals surface area contributed by atoms with Gasteiger partial charge >= 0.3 is 0 Å². The van der Waals surface area contributed by atoms with Gasteiger partial charge in [0.05, 0.1) is 6.61 Å². The maximum atomic E-state index is 10.4. The predicted molar refractivity (Wildman–Crippen MR) is 86.2 cm³/mol. The SMILES string of the molecule is O=CC=Cc1ccc2c(c1)O[C@@H](c1ccc(O)c(O)c1)[C@H](CO)O2. The second-order valence-electron chi connectivity index (χ2n) is 5.33. The smallest absolute Gasteiger partial charge is 0.163 e. The van der Waals surface area contributed by atoms with E-state index < -0.39 is 12.2 Å². The minimum atomic E-state index is -0.655. The standard InChI is InChI=1S/C18H16O6/c19-7-1-2-11-3-6-15-16(8-11)24-18(17(10-20)23-15)12-4-5-13(21)14(22)9-12/h1-9,17-18,20-22H,10H2/t17-,18-/m0/s1. The van der Waals surface area contributed by atoms with Gasteiger partial charge in [0.25, 0.3) is 0 Å². The van der Waals surface area contributed by atoms with E-state index in [1.165, 1.54) is 18.2 Å². The van der Waals surface area contributed by atoms with Crippen LogP contribution in [0.3, 0.4) is 0 Å². The van der Waals surface area contributed by atoms with E-state index >= 15 is 0 Å². The molecule has 0 saturated carbocycles. The quantitative estimate of drug-likeness (QED) is 0.452. The number of phenols is 2. The number of aliphatic hydroxyl groups excluding tert-OH is 1. The average Bonchev–Trinajstić information content (AvgIpc) is 2.61. The van der Waals surface area contributed by atoms with Gasteiger partial charge in [-0.05, 0) is 35.9 Å². The number of hydrogen-bond acceptors (Lipinski definition) is 6. The summed E-state index contributed by atoms with van der Waals surface area (Å²) in [6, 6.07) is 9.49. The first kappa shape index (κ1) is 15.9. The number of hydrogen-bond donors (Lipinski definition) is 3. The van der Waals surface area contributed by atoms with Gasteiger partial charge in [0.2, 0.25) is 0 Å². The summed E-state index contributed by atoms with van der Waals surface area (Å²) in [5.41, 5.74) is 1.32. The topological polar surface area (TPSA) is 96.2 Å². The van der Waals surface area contributed by atoms with Crippen LogP contribution in [0.25, 0.3) is 6.08 Å². The molecule has 0 fully saturated rings. The summed E-state index contributed by atoms with van der Waals surface area (Å²) in [4.78, 5) is 10.4. The van der Waals surface area contributed by atoms with Crippen LogP contribution in [0.15, 0.2) is 42.5 Å². The summed E-state index contributed by atoms with van der Waals surface area (Å²) in [7, 11) is 0. The predicted octanol–water partition coefficient (Wildman–Crippen LogP) is 2.18. The maximum absolute atomic E-state index is 10.4. The Kier molecular flexibility index (Phi) is 4.39. The molecule has 2 atom stereocenters. The number of ether oxygens (including phenoxy) is 2. The van der Waals surface area contributed by atoms with E-state index in [0.29, 0.717) is 23.3 Å². The lowest BCUT2D eigenvalue weighted by Crippen LogP contribution is -2.36. The largest absolute Gasteiger partial charge is 0.504 e. The molecule has 1 aliphatic heterocycles. The number of aromatic hydroxyl groups is 2. The Morgan fingerprint density at radius 1 is 1.00 bits per heavy atom. The summed E-state index contributed by atoms with van der Waals surface area (Å²) in [6.45, 7) is -0.279. The van der Waals surface area contributed by atoms with Crippen molar-refractivity contribution in [2.75, 3.05) is 6.61 Å². The molecule has 2 aromatic carbocycles. The third-order valence-corrected chi connectivity index (χ3v) is 3.71. The molecule has 24 heavy (non-hydrogen) atoms. The first-order chi connectivity index (χ1) is 11.6. The van der Waals surface area contributed by atoms with Gasteiger partial charge < -0.3 is 24.8 Å². The number of fused-ring (bicyclic) bond motifs is 1. The van der Waals surface area contributed by atoms with Crippen molar-refractivity contribution in [2.45, 2.75) is 12.2 Å². The lowest BCUT2D eigenvalue weighted by molar-refractivity contribution is -0.104. The zero-order chi connectivity index (χ0) is 17.1. The van der Waals surface area contributed by atoms with E-state index in [4.69, 9.17) is 9.47 Å². The van der Waals surface area contributed by atoms with E-state index in [1.807, 2.05) is 0 Å². The molecule has 0 spiro atoms. The Hall–Kier alpha value is -2.99. The summed E-state index contributed by atoms with van der Waals surface area (Å²) < 4.78 is 11.7. The summed E-state index contributed by atoms with van der Waals surface area (Å²) in [6.07, 6.45) is 2.38. The van der Waals surface area contributed by atoms with Gasteiger partial charge in [-0.25, -0.2) is 0 Å². The van der Waals surface area contributed by atoms with Crippen molar-refractivity contribution < 1.29 is 29.6 Å². The van der Waals surface area contributed by atoms with Crippen molar-refractivity contribution in [3.63, 3.8) is 0 Å². The number of allylic oxidation sites excluding steroid dienone is 1. The van der Waals surface area contributed by atoms with Gasteiger partial charge in [-0.1, -0.05) is 18.2 Å². The molecule has 1 heterocycles. The highest BCUT2D eigenvalue weighted by Crippen LogP contribution is 2.41. The lowest BCUT2D eigenvalue weighted by Gasteiger charge is -2.33. The van der Waals surface area contributed by atoms with Crippen LogP contribution in [0, 0.1) is 0 Å². The van der Waals surface area contributed by atoms with Gasteiger partial charge in [-0.15, -0.1) is 0 Å². The Labute approximate surface area is 138 Å². The number of rotatable bonds is 4. The molecule has 0 saturated heterocycles. The van der Waals surface area contributed by atoms with Gasteiger partial charge in [-0.3, -0.25) is 4.79 Å². The third kappa shape index (κ3) is 3.04. The fourth-order valence-electron chi connectivity index (χ4n) is 2.54. The van der Waals surface area contributed by atoms with Crippen LogP contribution < -0.4 is 9.47 Å². The number of aldehydes is 1. The molecule has 0 aromatic heterocycles. The van der Waals surface area contributed by atoms with Crippen LogP contribution >= 0.6 is 0 Å². The second-order valence-corrected chi connectivity index (χ2v) is 5.33. The van der Waals surface area contributed by atoms with E-state index in [-0.39, 0.29) is 18.1 Å². The Bertz CT molecular complexity index is 783. The van der Waals surface area contributed by atoms with Gasteiger partial charge in [0, 0.05) is 5.56 Å². The first-order valence-electron chi connectivity index (χ1n) is 7.34. The third-order valence-electron chi connectivity index (χ3n) is 3.71. The van der Waals surface area contributed by atoms with Crippen molar-refractivity contribution in [3.05, 3.63) is 53.6 Å². The molecule has 0 radical (unpaired) electrons. The van der Waals surface area contributed by atoms with E-state index in [2.05, 4.69) is 0 Å². The molecule has 3 rings (SSSR count). The minimum Gasteiger partial charge on any atom is -0.504 e. The monoisotopic (exact) mass is 328 g/mol. The van der Waals surface area contributed by atoms with E-state index in [1.54, 1.807) is 30.3 Å². The van der Waals surface area contributed by atoms with Crippen LogP contribution in [0.4, 0.5) is 0 Å². The second kappa shape index (κ2) is 6.64. The Morgan fingerprint density at radius 2 is 1.83 bits per heavy atom. The van der Waals surface area contributed by atoms with Crippen molar-refractivity contribution in [1.29, 1.82) is 0 Å². The van der Waals surface area contributed by atoms with Crippen molar-refractivity contribution in [2.24, 2.45) is 0 Å². The minimum absolute atomic E-state index is 0.238. The van der Waals surface area contributed by atoms with Crippen LogP contribution in [-0.2, 0) is 4.79 Å². The Morgan fingerprint density at radius 3 is 2.54 bits per heavy atom. The molecule has 1 aliphatic rings. The van der Waals surface area contributed by atoms with Gasteiger partial charge in [0.1, 0.15) is 6.29 Å². The van der Waals surface area contributed by atoms with Gasteiger partial charge in [-0.2, -0.15) is 0 Å². The molecule has 3 N–H and O–H groups in total. The molecule has 124 valence electrons. The van der Waals surface area contributed by atoms with Gasteiger partial charge in [0.15, 0.2) is 35.2 Å². The number of carbonyl (C=O) groups excluding carboxylic acids is 1. The summed E-state index contributed by atoms with van der Waals surface area (Å²) in [5.74, 6) is 0.431. The number of phenolic OH excluding ortho intramolecular Hbond substituents is 2. The molecule has 0 aliphatic carbocycles. The number of benzene rings is 2. The van der Waals surface area contributed by atoms with Crippen LogP contribution in [0.1, 0.15) is 17.2 Å². The zero-order valence-corrected chi connectivity index (χ0v) is 12.6. The van der Waals surface area contributed by atoms with Crippen molar-refractivity contribution in [1.82, 2.24) is 0 Å². The highest BCUT2D eigenvalue weighted by Gasteiger charge is 2.33.